The van der Waals surface area contributed by atoms with Crippen LogP contribution >= 0.6 is 23.1 Å². The van der Waals surface area contributed by atoms with E-state index in [2.05, 4.69) is 24.2 Å². The Hall–Kier alpha value is -0.0600. The van der Waals surface area contributed by atoms with Crippen LogP contribution in [0.1, 0.15) is 43.4 Å². The summed E-state index contributed by atoms with van der Waals surface area (Å²) in [6.45, 7) is 4.32. The van der Waals surface area contributed by atoms with Crippen molar-refractivity contribution in [3.63, 3.8) is 0 Å². The molecule has 0 aromatic carbocycles. The van der Waals surface area contributed by atoms with Gasteiger partial charge < -0.3 is 5.73 Å². The summed E-state index contributed by atoms with van der Waals surface area (Å²) in [5.41, 5.74) is 7.06. The fourth-order valence-corrected chi connectivity index (χ4v) is 2.82. The minimum absolute atomic E-state index is 0.136. The van der Waals surface area contributed by atoms with Gasteiger partial charge in [0.05, 0.1) is 5.69 Å². The molecule has 1 aromatic heterocycles. The molecule has 0 fully saturated rings. The lowest BCUT2D eigenvalue weighted by atomic mass is 10.1. The first kappa shape index (κ1) is 12.0. The van der Waals surface area contributed by atoms with E-state index in [0.29, 0.717) is 0 Å². The van der Waals surface area contributed by atoms with Gasteiger partial charge in [0.25, 0.3) is 0 Å². The lowest BCUT2D eigenvalue weighted by Gasteiger charge is -2.05. The third kappa shape index (κ3) is 3.59. The van der Waals surface area contributed by atoms with Gasteiger partial charge in [0, 0.05) is 17.2 Å². The first-order chi connectivity index (χ1) is 6.77. The maximum atomic E-state index is 5.98. The molecule has 0 saturated heterocycles. The molecule has 14 heavy (non-hydrogen) atoms. The smallest absolute Gasteiger partial charge is 0.103 e. The minimum atomic E-state index is 0.136. The van der Waals surface area contributed by atoms with Crippen LogP contribution in [0, 0.1) is 0 Å². The van der Waals surface area contributed by atoms with Crippen molar-refractivity contribution in [2.75, 3.05) is 5.75 Å². The van der Waals surface area contributed by atoms with Gasteiger partial charge in [-0.2, -0.15) is 11.8 Å². The van der Waals surface area contributed by atoms with E-state index in [-0.39, 0.29) is 6.04 Å². The molecule has 1 heterocycles. The number of hydrogen-bond acceptors (Lipinski definition) is 4. The van der Waals surface area contributed by atoms with Crippen molar-refractivity contribution in [3.05, 3.63) is 16.1 Å². The van der Waals surface area contributed by atoms with Gasteiger partial charge in [-0.3, -0.25) is 0 Å². The van der Waals surface area contributed by atoms with E-state index in [1.807, 2.05) is 11.8 Å². The molecular formula is C10H18N2S2. The van der Waals surface area contributed by atoms with Gasteiger partial charge in [-0.15, -0.1) is 11.3 Å². The van der Waals surface area contributed by atoms with Crippen molar-refractivity contribution in [1.82, 2.24) is 4.98 Å². The Bertz CT molecular complexity index is 260. The molecule has 0 radical (unpaired) electrons. The number of nitrogens with two attached hydrogens (primary N) is 1. The Labute approximate surface area is 94.3 Å². The molecule has 0 spiro atoms. The summed E-state index contributed by atoms with van der Waals surface area (Å²) in [4.78, 5) is 4.54. The predicted octanol–water partition coefficient (Wildman–Crippen LogP) is 3.20. The second kappa shape index (κ2) is 6.43. The zero-order valence-electron chi connectivity index (χ0n) is 8.82. The van der Waals surface area contributed by atoms with E-state index in [1.165, 1.54) is 5.01 Å². The molecule has 1 atom stereocenters. The third-order valence-electron chi connectivity index (χ3n) is 1.98. The number of aromatic nitrogens is 1. The first-order valence-corrected chi connectivity index (χ1v) is 7.09. The Kier molecular flexibility index (Phi) is 5.52. The van der Waals surface area contributed by atoms with Crippen molar-refractivity contribution >= 4 is 23.1 Å². The van der Waals surface area contributed by atoms with Crippen LogP contribution in [-0.4, -0.2) is 10.7 Å². The van der Waals surface area contributed by atoms with E-state index in [4.69, 9.17) is 5.73 Å². The normalized spacial score (nSPS) is 13.1. The molecule has 1 unspecified atom stereocenters. The Morgan fingerprint density at radius 2 is 2.36 bits per heavy atom. The second-order valence-corrected chi connectivity index (χ2v) is 5.42. The van der Waals surface area contributed by atoms with Gasteiger partial charge in [0.2, 0.25) is 0 Å². The minimum Gasteiger partial charge on any atom is -0.323 e. The van der Waals surface area contributed by atoms with Crippen LogP contribution in [0.25, 0.3) is 0 Å². The number of thiazole rings is 1. The fraction of sp³-hybridized carbons (Fsp3) is 0.700. The van der Waals surface area contributed by atoms with Crippen molar-refractivity contribution in [2.24, 2.45) is 5.73 Å². The predicted molar refractivity (Wildman–Crippen MR) is 65.8 cm³/mol. The lowest BCUT2D eigenvalue weighted by molar-refractivity contribution is 0.624. The van der Waals surface area contributed by atoms with Crippen molar-refractivity contribution < 1.29 is 0 Å². The molecule has 1 aromatic rings. The molecule has 2 nitrogen and oxygen atoms in total. The van der Waals surface area contributed by atoms with Gasteiger partial charge in [0.15, 0.2) is 0 Å². The molecule has 0 amide bonds. The zero-order chi connectivity index (χ0) is 10.4. The van der Waals surface area contributed by atoms with Crippen LogP contribution < -0.4 is 5.73 Å². The Morgan fingerprint density at radius 3 is 3.00 bits per heavy atom. The van der Waals surface area contributed by atoms with E-state index in [0.717, 1.165) is 30.0 Å². The summed E-state index contributed by atoms with van der Waals surface area (Å²) in [6, 6.07) is 0.136. The fourth-order valence-electron chi connectivity index (χ4n) is 1.21. The molecule has 80 valence electrons. The van der Waals surface area contributed by atoms with Crippen LogP contribution in [0.4, 0.5) is 0 Å². The summed E-state index contributed by atoms with van der Waals surface area (Å²) in [6.07, 6.45) is 2.15. The average molecular weight is 230 g/mol. The molecule has 2 N–H and O–H groups in total. The monoisotopic (exact) mass is 230 g/mol. The number of nitrogens with zero attached hydrogens (tertiary/aromatic N) is 1. The molecular weight excluding hydrogens is 212 g/mol. The lowest BCUT2D eigenvalue weighted by Crippen LogP contribution is -2.10. The van der Waals surface area contributed by atoms with Gasteiger partial charge in [-0.1, -0.05) is 20.3 Å². The highest BCUT2D eigenvalue weighted by Gasteiger charge is 2.09. The van der Waals surface area contributed by atoms with E-state index >= 15 is 0 Å². The molecule has 0 aliphatic heterocycles. The molecule has 0 aliphatic carbocycles. The summed E-state index contributed by atoms with van der Waals surface area (Å²) in [5.74, 6) is 2.18. The number of hydrogen-bond donors (Lipinski definition) is 1. The number of thioether (sulfide) groups is 1. The third-order valence-corrected chi connectivity index (χ3v) is 3.91. The van der Waals surface area contributed by atoms with E-state index in [9.17, 15) is 0 Å². The van der Waals surface area contributed by atoms with E-state index < -0.39 is 0 Å². The van der Waals surface area contributed by atoms with Gasteiger partial charge >= 0.3 is 0 Å². The van der Waals surface area contributed by atoms with Crippen molar-refractivity contribution in [1.29, 1.82) is 0 Å². The topological polar surface area (TPSA) is 38.9 Å². The Morgan fingerprint density at radius 1 is 1.57 bits per heavy atom. The molecule has 0 aliphatic rings. The molecule has 4 heteroatoms. The van der Waals surface area contributed by atoms with Crippen molar-refractivity contribution in [3.8, 4) is 0 Å². The highest BCUT2D eigenvalue weighted by Crippen LogP contribution is 2.21. The first-order valence-electron chi connectivity index (χ1n) is 5.05. The quantitative estimate of drug-likeness (QED) is 0.815. The highest BCUT2D eigenvalue weighted by molar-refractivity contribution is 7.98. The van der Waals surface area contributed by atoms with Crippen LogP contribution in [0.5, 0.6) is 0 Å². The standard InChI is InChI=1S/C10H18N2S2/c1-3-5-8(11)9-6-14-10(12-9)7-13-4-2/h6,8H,3-5,7,11H2,1-2H3. The molecule has 0 bridgehead atoms. The summed E-state index contributed by atoms with van der Waals surface area (Å²) in [7, 11) is 0. The number of rotatable bonds is 6. The molecule has 0 saturated carbocycles. The summed E-state index contributed by atoms with van der Waals surface area (Å²) >= 11 is 3.64. The molecule has 1 rings (SSSR count). The largest absolute Gasteiger partial charge is 0.323 e. The van der Waals surface area contributed by atoms with Crippen LogP contribution in [0.3, 0.4) is 0 Å². The SMILES string of the molecule is CCCC(N)c1csc(CSCC)n1. The Balaban J connectivity index is 2.49. The highest BCUT2D eigenvalue weighted by atomic mass is 32.2. The van der Waals surface area contributed by atoms with E-state index in [1.54, 1.807) is 11.3 Å². The average Bonchev–Trinajstić information content (AvgIpc) is 2.63. The van der Waals surface area contributed by atoms with Crippen LogP contribution in [0.15, 0.2) is 5.38 Å². The maximum absolute atomic E-state index is 5.98. The summed E-state index contributed by atoms with van der Waals surface area (Å²) < 4.78 is 0. The maximum Gasteiger partial charge on any atom is 0.103 e. The second-order valence-electron chi connectivity index (χ2n) is 3.20. The van der Waals surface area contributed by atoms with Gasteiger partial charge in [-0.25, -0.2) is 4.98 Å². The van der Waals surface area contributed by atoms with Crippen LogP contribution in [0.2, 0.25) is 0 Å². The zero-order valence-corrected chi connectivity index (χ0v) is 10.5. The van der Waals surface area contributed by atoms with Gasteiger partial charge in [-0.05, 0) is 12.2 Å². The van der Waals surface area contributed by atoms with Crippen LogP contribution in [-0.2, 0) is 5.75 Å². The van der Waals surface area contributed by atoms with Gasteiger partial charge in [0.1, 0.15) is 5.01 Å². The summed E-state index contributed by atoms with van der Waals surface area (Å²) in [5, 5.41) is 3.31. The van der Waals surface area contributed by atoms with Crippen molar-refractivity contribution in [2.45, 2.75) is 38.5 Å².